The van der Waals surface area contributed by atoms with E-state index in [2.05, 4.69) is 141 Å². The van der Waals surface area contributed by atoms with Crippen molar-refractivity contribution in [2.75, 3.05) is 0 Å². The van der Waals surface area contributed by atoms with Crippen LogP contribution < -0.4 is 0 Å². The molecule has 3 heterocycles. The molecular formula is C50H40N4S. The van der Waals surface area contributed by atoms with Crippen LogP contribution in [0.3, 0.4) is 0 Å². The first-order valence-corrected chi connectivity index (χ1v) is 19.5. The standard InChI is InChI=1S/C50H40N4S/c1-6-7-18-37(49-52-47(33-16-9-8-10-17-33)51-48(53-49)34-25-28-36(29-26-34)50(3,4)5)32(2)54-43-23-13-11-19-39(43)42-31-35(27-30-44(42)54)38-21-15-22-41-40-20-12-14-24-45(40)55-46(38)41/h6-31H,2H2,1,3-5H3/b7-6-,37-18+. The minimum Gasteiger partial charge on any atom is -0.309 e. The zero-order valence-electron chi connectivity index (χ0n) is 31.4. The van der Waals surface area contributed by atoms with Gasteiger partial charge in [0, 0.05) is 47.6 Å². The summed E-state index contributed by atoms with van der Waals surface area (Å²) in [6.07, 6.45) is 6.11. The van der Waals surface area contributed by atoms with Gasteiger partial charge in [0.2, 0.25) is 0 Å². The normalized spacial score (nSPS) is 12.5. The molecule has 0 saturated heterocycles. The number of aromatic nitrogens is 4. The van der Waals surface area contributed by atoms with Crippen molar-refractivity contribution in [3.8, 4) is 33.9 Å². The van der Waals surface area contributed by atoms with Gasteiger partial charge in [0.15, 0.2) is 17.5 Å². The quantitative estimate of drug-likeness (QED) is 0.153. The van der Waals surface area contributed by atoms with E-state index in [0.717, 1.165) is 44.2 Å². The third-order valence-corrected chi connectivity index (χ3v) is 11.6. The Balaban J connectivity index is 1.21. The highest BCUT2D eigenvalue weighted by molar-refractivity contribution is 7.26. The van der Waals surface area contributed by atoms with Gasteiger partial charge in [0.05, 0.1) is 16.7 Å². The van der Waals surface area contributed by atoms with E-state index in [1.807, 2.05) is 60.7 Å². The van der Waals surface area contributed by atoms with E-state index in [1.165, 1.54) is 36.9 Å². The minimum absolute atomic E-state index is 0.0349. The second kappa shape index (κ2) is 13.8. The Bertz CT molecular complexity index is 2970. The minimum atomic E-state index is 0.0349. The lowest BCUT2D eigenvalue weighted by atomic mass is 9.87. The van der Waals surface area contributed by atoms with E-state index < -0.39 is 0 Å². The van der Waals surface area contributed by atoms with Gasteiger partial charge in [-0.3, -0.25) is 0 Å². The fourth-order valence-corrected chi connectivity index (χ4v) is 8.72. The molecule has 9 aromatic rings. The molecule has 266 valence electrons. The van der Waals surface area contributed by atoms with Crippen LogP contribution in [0.15, 0.2) is 164 Å². The Morgan fingerprint density at radius 1 is 0.618 bits per heavy atom. The Labute approximate surface area is 325 Å². The van der Waals surface area contributed by atoms with Crippen LogP contribution in [-0.2, 0) is 5.41 Å². The van der Waals surface area contributed by atoms with Crippen LogP contribution in [0.4, 0.5) is 0 Å². The fourth-order valence-electron chi connectivity index (χ4n) is 7.48. The van der Waals surface area contributed by atoms with E-state index in [-0.39, 0.29) is 5.41 Å². The highest BCUT2D eigenvalue weighted by Gasteiger charge is 2.22. The van der Waals surface area contributed by atoms with Crippen LogP contribution in [0.2, 0.25) is 0 Å². The lowest BCUT2D eigenvalue weighted by Crippen LogP contribution is -2.10. The third-order valence-electron chi connectivity index (χ3n) is 10.3. The molecule has 3 aromatic heterocycles. The molecule has 0 spiro atoms. The second-order valence-electron chi connectivity index (χ2n) is 14.9. The van der Waals surface area contributed by atoms with Crippen molar-refractivity contribution in [3.05, 3.63) is 176 Å². The van der Waals surface area contributed by atoms with Gasteiger partial charge in [-0.2, -0.15) is 0 Å². The third kappa shape index (κ3) is 6.17. The van der Waals surface area contributed by atoms with Gasteiger partial charge < -0.3 is 4.57 Å². The van der Waals surface area contributed by atoms with Crippen molar-refractivity contribution in [1.29, 1.82) is 0 Å². The molecule has 0 atom stereocenters. The smallest absolute Gasteiger partial charge is 0.166 e. The van der Waals surface area contributed by atoms with Crippen LogP contribution in [0.1, 0.15) is 39.1 Å². The molecule has 55 heavy (non-hydrogen) atoms. The molecule has 4 nitrogen and oxygen atoms in total. The van der Waals surface area contributed by atoms with Crippen molar-refractivity contribution < 1.29 is 0 Å². The topological polar surface area (TPSA) is 43.6 Å². The summed E-state index contributed by atoms with van der Waals surface area (Å²) < 4.78 is 4.87. The van der Waals surface area contributed by atoms with E-state index in [0.29, 0.717) is 17.5 Å². The Morgan fingerprint density at radius 2 is 1.25 bits per heavy atom. The zero-order chi connectivity index (χ0) is 37.7. The van der Waals surface area contributed by atoms with E-state index in [1.54, 1.807) is 0 Å². The Kier molecular flexibility index (Phi) is 8.60. The molecule has 0 aliphatic heterocycles. The first kappa shape index (κ1) is 34.3. The molecule has 0 saturated carbocycles. The predicted octanol–water partition coefficient (Wildman–Crippen LogP) is 13.8. The summed E-state index contributed by atoms with van der Waals surface area (Å²) in [7, 11) is 0. The molecule has 9 rings (SSSR count). The monoisotopic (exact) mass is 728 g/mol. The molecule has 0 radical (unpaired) electrons. The van der Waals surface area contributed by atoms with Crippen LogP contribution in [-0.4, -0.2) is 19.5 Å². The molecule has 0 bridgehead atoms. The molecule has 0 N–H and O–H groups in total. The van der Waals surface area contributed by atoms with Crippen LogP contribution >= 0.6 is 11.3 Å². The summed E-state index contributed by atoms with van der Waals surface area (Å²) in [4.78, 5) is 15.3. The molecule has 0 unspecified atom stereocenters. The maximum absolute atomic E-state index is 5.17. The van der Waals surface area contributed by atoms with Crippen molar-refractivity contribution in [1.82, 2.24) is 19.5 Å². The van der Waals surface area contributed by atoms with Crippen LogP contribution in [0.25, 0.3) is 87.2 Å². The van der Waals surface area contributed by atoms with E-state index in [4.69, 9.17) is 21.5 Å². The number of benzene rings is 6. The Morgan fingerprint density at radius 3 is 2.00 bits per heavy atom. The molecule has 5 heteroatoms. The fraction of sp³-hybridized carbons (Fsp3) is 0.100. The molecule has 0 fully saturated rings. The van der Waals surface area contributed by atoms with Crippen molar-refractivity contribution >= 4 is 64.6 Å². The van der Waals surface area contributed by atoms with Gasteiger partial charge in [-0.15, -0.1) is 11.3 Å². The summed E-state index contributed by atoms with van der Waals surface area (Å²) in [5.74, 6) is 1.79. The van der Waals surface area contributed by atoms with E-state index >= 15 is 0 Å². The summed E-state index contributed by atoms with van der Waals surface area (Å²) in [6, 6.07) is 49.4. The summed E-state index contributed by atoms with van der Waals surface area (Å²) in [5, 5.41) is 4.93. The summed E-state index contributed by atoms with van der Waals surface area (Å²) in [5.41, 5.74) is 9.31. The summed E-state index contributed by atoms with van der Waals surface area (Å²) in [6.45, 7) is 13.5. The largest absolute Gasteiger partial charge is 0.309 e. The lowest BCUT2D eigenvalue weighted by Gasteiger charge is -2.19. The average Bonchev–Trinajstić information content (AvgIpc) is 3.76. The molecule has 0 aliphatic rings. The summed E-state index contributed by atoms with van der Waals surface area (Å²) >= 11 is 1.86. The Hall–Kier alpha value is -6.43. The van der Waals surface area contributed by atoms with Crippen molar-refractivity contribution in [2.24, 2.45) is 0 Å². The van der Waals surface area contributed by atoms with Gasteiger partial charge in [0.25, 0.3) is 0 Å². The number of fused-ring (bicyclic) bond motifs is 6. The number of allylic oxidation sites excluding steroid dienone is 5. The number of thiophene rings is 1. The number of hydrogen-bond donors (Lipinski definition) is 0. The van der Waals surface area contributed by atoms with Crippen molar-refractivity contribution in [2.45, 2.75) is 33.1 Å². The first-order chi connectivity index (χ1) is 26.8. The number of para-hydroxylation sites is 1. The zero-order valence-corrected chi connectivity index (χ0v) is 32.2. The average molecular weight is 729 g/mol. The van der Waals surface area contributed by atoms with Gasteiger partial charge in [-0.1, -0.05) is 155 Å². The van der Waals surface area contributed by atoms with Crippen LogP contribution in [0, 0.1) is 0 Å². The second-order valence-corrected chi connectivity index (χ2v) is 16.0. The van der Waals surface area contributed by atoms with Gasteiger partial charge in [-0.25, -0.2) is 15.0 Å². The molecule has 0 amide bonds. The number of rotatable bonds is 7. The molecule has 0 aliphatic carbocycles. The number of hydrogen-bond acceptors (Lipinski definition) is 4. The van der Waals surface area contributed by atoms with Crippen LogP contribution in [0.5, 0.6) is 0 Å². The van der Waals surface area contributed by atoms with Gasteiger partial charge in [-0.05, 0) is 59.4 Å². The molecular weight excluding hydrogens is 689 g/mol. The van der Waals surface area contributed by atoms with E-state index in [9.17, 15) is 0 Å². The highest BCUT2D eigenvalue weighted by atomic mass is 32.1. The first-order valence-electron chi connectivity index (χ1n) is 18.7. The maximum atomic E-state index is 5.17. The maximum Gasteiger partial charge on any atom is 0.166 e. The van der Waals surface area contributed by atoms with Gasteiger partial charge >= 0.3 is 0 Å². The predicted molar refractivity (Wildman–Crippen MR) is 235 cm³/mol. The molecule has 6 aromatic carbocycles. The highest BCUT2D eigenvalue weighted by Crippen LogP contribution is 2.42. The van der Waals surface area contributed by atoms with Gasteiger partial charge in [0.1, 0.15) is 0 Å². The van der Waals surface area contributed by atoms with Crippen molar-refractivity contribution in [3.63, 3.8) is 0 Å². The lowest BCUT2D eigenvalue weighted by molar-refractivity contribution is 0.590. The SMILES string of the molecule is C=C(/C(=C\C=C/C)c1nc(-c2ccccc2)nc(-c2ccc(C(C)(C)C)cc2)n1)n1c2ccccc2c2cc(-c3cccc4c3sc3ccccc34)ccc21. The number of nitrogens with zero attached hydrogens (tertiary/aromatic N) is 4.